The van der Waals surface area contributed by atoms with Gasteiger partial charge in [0.25, 0.3) is 0 Å². The highest BCUT2D eigenvalue weighted by atomic mass is 32.2. The summed E-state index contributed by atoms with van der Waals surface area (Å²) in [7, 11) is -7.10. The number of rotatable bonds is 7. The molecule has 22 heavy (non-hydrogen) atoms. The largest absolute Gasteiger partial charge is 0.573 e. The van der Waals surface area contributed by atoms with Crippen LogP contribution < -0.4 is 4.74 Å². The predicted molar refractivity (Wildman–Crippen MR) is 67.9 cm³/mol. The molecule has 1 aromatic rings. The fourth-order valence-corrected chi connectivity index (χ4v) is 3.08. The van der Waals surface area contributed by atoms with Crippen LogP contribution in [-0.2, 0) is 34.6 Å². The molecular formula is C10H12F3O7PS. The van der Waals surface area contributed by atoms with Crippen molar-refractivity contribution < 1.29 is 44.4 Å². The molecule has 12 heteroatoms. The lowest BCUT2D eigenvalue weighted by Gasteiger charge is -2.15. The van der Waals surface area contributed by atoms with E-state index in [-0.39, 0.29) is 12.0 Å². The third-order valence-electron chi connectivity index (χ3n) is 2.28. The second-order valence-electron chi connectivity index (χ2n) is 3.71. The Balaban J connectivity index is 3.27. The Morgan fingerprint density at radius 1 is 1.27 bits per heavy atom. The van der Waals surface area contributed by atoms with Gasteiger partial charge in [0.05, 0.1) is 0 Å². The summed E-state index contributed by atoms with van der Waals surface area (Å²) in [6.07, 6.45) is -5.02. The molecule has 0 radical (unpaired) electrons. The summed E-state index contributed by atoms with van der Waals surface area (Å²) in [4.78, 5) is -0.860. The second-order valence-corrected chi connectivity index (χ2v) is 6.23. The molecule has 0 aliphatic rings. The Bertz CT molecular complexity index is 644. The third kappa shape index (κ3) is 5.25. The smallest absolute Gasteiger partial charge is 0.404 e. The van der Waals surface area contributed by atoms with Crippen LogP contribution in [0.15, 0.2) is 23.1 Å². The Labute approximate surface area is 124 Å². The molecule has 0 saturated carbocycles. The van der Waals surface area contributed by atoms with Gasteiger partial charge in [-0.1, -0.05) is 23.4 Å². The van der Waals surface area contributed by atoms with Crippen molar-refractivity contribution in [3.8, 4) is 5.75 Å². The minimum absolute atomic E-state index is 0.00226. The standard InChI is InChI=1S/C10H12F3O7PS/c1-3-7-5-4-6-8(18-10(11,12)13)9(7)22(15,16)20-19-21(14)17-2/h4-6,21H,3H2,1-2H3. The first-order chi connectivity index (χ1) is 10.1. The van der Waals surface area contributed by atoms with E-state index in [1.807, 2.05) is 0 Å². The lowest BCUT2D eigenvalue weighted by Crippen LogP contribution is -2.20. The summed E-state index contributed by atoms with van der Waals surface area (Å²) < 4.78 is 87.8. The van der Waals surface area contributed by atoms with Gasteiger partial charge in [-0.2, -0.15) is 8.42 Å². The highest BCUT2D eigenvalue weighted by molar-refractivity contribution is 7.86. The summed E-state index contributed by atoms with van der Waals surface area (Å²) in [5.41, 5.74) is 0.00226. The number of benzene rings is 1. The van der Waals surface area contributed by atoms with E-state index >= 15 is 0 Å². The van der Waals surface area contributed by atoms with E-state index in [1.54, 1.807) is 0 Å². The molecule has 0 spiro atoms. The number of hydrogen-bond acceptors (Lipinski definition) is 7. The van der Waals surface area contributed by atoms with Gasteiger partial charge in [0.2, 0.25) is 0 Å². The lowest BCUT2D eigenvalue weighted by atomic mass is 10.1. The Morgan fingerprint density at radius 3 is 2.41 bits per heavy atom. The van der Waals surface area contributed by atoms with Crippen LogP contribution in [0.1, 0.15) is 12.5 Å². The molecule has 0 amide bonds. The first-order valence-corrected chi connectivity index (χ1v) is 8.30. The van der Waals surface area contributed by atoms with E-state index in [4.69, 9.17) is 0 Å². The van der Waals surface area contributed by atoms with E-state index in [0.717, 1.165) is 13.2 Å². The highest BCUT2D eigenvalue weighted by Gasteiger charge is 2.35. The minimum atomic E-state index is -5.10. The fraction of sp³-hybridized carbons (Fsp3) is 0.400. The molecule has 0 aliphatic heterocycles. The Kier molecular flexibility index (Phi) is 6.38. The molecule has 0 bridgehead atoms. The maximum atomic E-state index is 12.4. The first-order valence-electron chi connectivity index (χ1n) is 5.67. The van der Waals surface area contributed by atoms with Crippen LogP contribution in [0.25, 0.3) is 0 Å². The average molecular weight is 364 g/mol. The summed E-state index contributed by atoms with van der Waals surface area (Å²) in [5, 5.41) is 0. The van der Waals surface area contributed by atoms with Gasteiger partial charge >= 0.3 is 24.7 Å². The van der Waals surface area contributed by atoms with Crippen LogP contribution in [0.5, 0.6) is 5.75 Å². The molecule has 1 rings (SSSR count). The number of ether oxygens (including phenoxy) is 1. The van der Waals surface area contributed by atoms with E-state index in [1.165, 1.54) is 19.1 Å². The van der Waals surface area contributed by atoms with Crippen LogP contribution >= 0.6 is 8.25 Å². The molecule has 0 aromatic heterocycles. The van der Waals surface area contributed by atoms with Crippen molar-refractivity contribution >= 4 is 18.4 Å². The summed E-state index contributed by atoms with van der Waals surface area (Å²) >= 11 is 0. The topological polar surface area (TPSA) is 88.1 Å². The van der Waals surface area contributed by atoms with Crippen LogP contribution in [0.3, 0.4) is 0 Å². The average Bonchev–Trinajstić information content (AvgIpc) is 2.42. The third-order valence-corrected chi connectivity index (χ3v) is 4.16. The van der Waals surface area contributed by atoms with Crippen molar-refractivity contribution in [3.05, 3.63) is 23.8 Å². The van der Waals surface area contributed by atoms with Crippen molar-refractivity contribution in [1.29, 1.82) is 0 Å². The number of hydrogen-bond donors (Lipinski definition) is 0. The number of alkyl halides is 3. The molecule has 0 N–H and O–H groups in total. The molecular weight excluding hydrogens is 352 g/mol. The van der Waals surface area contributed by atoms with Gasteiger partial charge in [-0.15, -0.1) is 17.8 Å². The molecule has 1 unspecified atom stereocenters. The molecule has 0 fully saturated rings. The van der Waals surface area contributed by atoms with Crippen molar-refractivity contribution in [3.63, 3.8) is 0 Å². The second kappa shape index (κ2) is 7.42. The zero-order valence-corrected chi connectivity index (χ0v) is 13.2. The first kappa shape index (κ1) is 18.9. The fourth-order valence-electron chi connectivity index (χ4n) is 1.47. The number of aryl methyl sites for hydroxylation is 1. The van der Waals surface area contributed by atoms with Crippen molar-refractivity contribution in [1.82, 2.24) is 0 Å². The van der Waals surface area contributed by atoms with E-state index in [2.05, 4.69) is 18.3 Å². The van der Waals surface area contributed by atoms with Crippen molar-refractivity contribution in [2.75, 3.05) is 7.11 Å². The van der Waals surface area contributed by atoms with Gasteiger partial charge in [0.15, 0.2) is 5.75 Å². The predicted octanol–water partition coefficient (Wildman–Crippen LogP) is 2.82. The summed E-state index contributed by atoms with van der Waals surface area (Å²) in [5.74, 6) is -0.979. The monoisotopic (exact) mass is 364 g/mol. The molecule has 0 saturated heterocycles. The molecule has 0 aliphatic carbocycles. The number of halogens is 3. The van der Waals surface area contributed by atoms with Gasteiger partial charge in [-0.3, -0.25) is 4.57 Å². The van der Waals surface area contributed by atoms with Crippen LogP contribution in [0.2, 0.25) is 0 Å². The van der Waals surface area contributed by atoms with Crippen LogP contribution in [-0.4, -0.2) is 21.9 Å². The zero-order chi connectivity index (χ0) is 17.0. The summed E-state index contributed by atoms with van der Waals surface area (Å²) in [6.45, 7) is 1.52. The van der Waals surface area contributed by atoms with Gasteiger partial charge in [0.1, 0.15) is 4.90 Å². The Hall–Kier alpha value is -1.13. The van der Waals surface area contributed by atoms with Gasteiger partial charge in [0, 0.05) is 7.11 Å². The van der Waals surface area contributed by atoms with Gasteiger partial charge < -0.3 is 9.26 Å². The van der Waals surface area contributed by atoms with Gasteiger partial charge in [-0.25, -0.2) is 0 Å². The maximum Gasteiger partial charge on any atom is 0.573 e. The Morgan fingerprint density at radius 2 is 1.91 bits per heavy atom. The van der Waals surface area contributed by atoms with Crippen LogP contribution in [0, 0.1) is 0 Å². The maximum absolute atomic E-state index is 12.4. The van der Waals surface area contributed by atoms with Gasteiger partial charge in [-0.05, 0) is 18.1 Å². The quantitative estimate of drug-likeness (QED) is 0.418. The molecule has 126 valence electrons. The normalized spacial score (nSPS) is 13.9. The lowest BCUT2D eigenvalue weighted by molar-refractivity contribution is -0.275. The molecule has 0 heterocycles. The molecule has 1 aromatic carbocycles. The van der Waals surface area contributed by atoms with E-state index in [0.29, 0.717) is 0 Å². The van der Waals surface area contributed by atoms with Crippen molar-refractivity contribution in [2.24, 2.45) is 0 Å². The molecule has 1 atom stereocenters. The minimum Gasteiger partial charge on any atom is -0.404 e. The molecule has 7 nitrogen and oxygen atoms in total. The van der Waals surface area contributed by atoms with Crippen molar-refractivity contribution in [2.45, 2.75) is 24.6 Å². The zero-order valence-electron chi connectivity index (χ0n) is 11.3. The van der Waals surface area contributed by atoms with E-state index < -0.39 is 35.4 Å². The highest BCUT2D eigenvalue weighted by Crippen LogP contribution is 2.35. The van der Waals surface area contributed by atoms with Crippen LogP contribution in [0.4, 0.5) is 13.2 Å². The SMILES string of the molecule is CCc1cccc(OC(F)(F)F)c1S(=O)(=O)OO[PH](=O)OC. The summed E-state index contributed by atoms with van der Waals surface area (Å²) in [6, 6.07) is 3.28. The van der Waals surface area contributed by atoms with E-state index in [9.17, 15) is 26.2 Å².